The van der Waals surface area contributed by atoms with Crippen LogP contribution >= 0.6 is 11.6 Å². The number of nitrogens with one attached hydrogen (secondary N) is 1. The van der Waals surface area contributed by atoms with E-state index in [0.717, 1.165) is 5.56 Å². The number of aromatic nitrogens is 1. The molecule has 5 heteroatoms. The SMILES string of the molecule is Cc1cc(Cl)ccc1NC(=O)c1ncccc1O. The minimum atomic E-state index is -0.460. The third kappa shape index (κ3) is 2.60. The van der Waals surface area contributed by atoms with E-state index in [1.54, 1.807) is 24.3 Å². The number of benzene rings is 1. The normalized spacial score (nSPS) is 10.1. The number of pyridine rings is 1. The Balaban J connectivity index is 2.24. The fourth-order valence-corrected chi connectivity index (χ4v) is 1.75. The molecule has 4 nitrogen and oxygen atoms in total. The molecule has 1 amide bonds. The van der Waals surface area contributed by atoms with Crippen molar-refractivity contribution in [2.45, 2.75) is 6.92 Å². The van der Waals surface area contributed by atoms with Gasteiger partial charge < -0.3 is 10.4 Å². The van der Waals surface area contributed by atoms with E-state index in [-0.39, 0.29) is 11.4 Å². The third-order valence-corrected chi connectivity index (χ3v) is 2.67. The zero-order valence-electron chi connectivity index (χ0n) is 9.64. The summed E-state index contributed by atoms with van der Waals surface area (Å²) in [7, 11) is 0. The molecular formula is C13H11ClN2O2. The van der Waals surface area contributed by atoms with Crippen molar-refractivity contribution in [3.63, 3.8) is 0 Å². The molecular weight excluding hydrogens is 252 g/mol. The lowest BCUT2D eigenvalue weighted by atomic mass is 10.2. The van der Waals surface area contributed by atoms with Gasteiger partial charge >= 0.3 is 0 Å². The molecule has 1 heterocycles. The highest BCUT2D eigenvalue weighted by atomic mass is 35.5. The standard InChI is InChI=1S/C13H11ClN2O2/c1-8-7-9(14)4-5-10(8)16-13(18)12-11(17)3-2-6-15-12/h2-7,17H,1H3,(H,16,18). The van der Waals surface area contributed by atoms with Gasteiger partial charge in [-0.15, -0.1) is 0 Å². The highest BCUT2D eigenvalue weighted by molar-refractivity contribution is 6.30. The van der Waals surface area contributed by atoms with Gasteiger partial charge in [0.2, 0.25) is 0 Å². The van der Waals surface area contributed by atoms with Crippen LogP contribution in [0.2, 0.25) is 5.02 Å². The predicted octanol–water partition coefficient (Wildman–Crippen LogP) is 3.00. The average Bonchev–Trinajstić information content (AvgIpc) is 2.33. The number of hydrogen-bond donors (Lipinski definition) is 2. The van der Waals surface area contributed by atoms with Gasteiger partial charge in [-0.2, -0.15) is 0 Å². The first-order valence-electron chi connectivity index (χ1n) is 5.29. The minimum absolute atomic E-state index is 0.00755. The van der Waals surface area contributed by atoms with Crippen LogP contribution in [0, 0.1) is 6.92 Å². The molecule has 0 fully saturated rings. The molecule has 1 aromatic heterocycles. The van der Waals surface area contributed by atoms with Crippen molar-refractivity contribution in [1.29, 1.82) is 0 Å². The Bertz CT molecular complexity index is 599. The second kappa shape index (κ2) is 5.06. The smallest absolute Gasteiger partial charge is 0.278 e. The fraction of sp³-hybridized carbons (Fsp3) is 0.0769. The van der Waals surface area contributed by atoms with Gasteiger partial charge in [-0.3, -0.25) is 4.79 Å². The molecule has 18 heavy (non-hydrogen) atoms. The van der Waals surface area contributed by atoms with Gasteiger partial charge in [-0.05, 0) is 42.8 Å². The summed E-state index contributed by atoms with van der Waals surface area (Å²) in [6.45, 7) is 1.83. The molecule has 2 rings (SSSR count). The number of carbonyl (C=O) groups is 1. The van der Waals surface area contributed by atoms with Gasteiger partial charge in [-0.1, -0.05) is 11.6 Å². The highest BCUT2D eigenvalue weighted by Crippen LogP contribution is 2.21. The van der Waals surface area contributed by atoms with Crippen molar-refractivity contribution in [1.82, 2.24) is 4.98 Å². The van der Waals surface area contributed by atoms with Gasteiger partial charge in [0.15, 0.2) is 5.69 Å². The second-order valence-corrected chi connectivity index (χ2v) is 4.22. The number of amides is 1. The van der Waals surface area contributed by atoms with Crippen molar-refractivity contribution in [3.8, 4) is 5.75 Å². The van der Waals surface area contributed by atoms with E-state index in [2.05, 4.69) is 10.3 Å². The van der Waals surface area contributed by atoms with E-state index in [0.29, 0.717) is 10.7 Å². The summed E-state index contributed by atoms with van der Waals surface area (Å²) >= 11 is 5.83. The van der Waals surface area contributed by atoms with Crippen LogP contribution in [-0.2, 0) is 0 Å². The maximum absolute atomic E-state index is 11.9. The van der Waals surface area contributed by atoms with Crippen LogP contribution in [0.5, 0.6) is 5.75 Å². The van der Waals surface area contributed by atoms with Gasteiger partial charge in [0.25, 0.3) is 5.91 Å². The van der Waals surface area contributed by atoms with Gasteiger partial charge in [0.1, 0.15) is 5.75 Å². The molecule has 0 unspecified atom stereocenters. The predicted molar refractivity (Wildman–Crippen MR) is 70.0 cm³/mol. The summed E-state index contributed by atoms with van der Waals surface area (Å²) in [5.41, 5.74) is 1.47. The number of halogens is 1. The molecule has 0 radical (unpaired) electrons. The number of aromatic hydroxyl groups is 1. The summed E-state index contributed by atoms with van der Waals surface area (Å²) in [5.74, 6) is -0.611. The largest absolute Gasteiger partial charge is 0.505 e. The summed E-state index contributed by atoms with van der Waals surface area (Å²) in [5, 5.41) is 12.8. The Hall–Kier alpha value is -2.07. The lowest BCUT2D eigenvalue weighted by molar-refractivity contribution is 0.101. The first-order chi connectivity index (χ1) is 8.58. The van der Waals surface area contributed by atoms with E-state index in [9.17, 15) is 9.90 Å². The first-order valence-corrected chi connectivity index (χ1v) is 5.67. The number of aryl methyl sites for hydroxylation is 1. The number of hydrogen-bond acceptors (Lipinski definition) is 3. The quantitative estimate of drug-likeness (QED) is 0.875. The summed E-state index contributed by atoms with van der Waals surface area (Å²) in [6, 6.07) is 8.10. The lowest BCUT2D eigenvalue weighted by Crippen LogP contribution is -2.14. The van der Waals surface area contributed by atoms with Crippen molar-refractivity contribution in [3.05, 3.63) is 52.8 Å². The Morgan fingerprint density at radius 3 is 2.83 bits per heavy atom. The van der Waals surface area contributed by atoms with Crippen LogP contribution in [0.1, 0.15) is 16.1 Å². The molecule has 1 aromatic carbocycles. The molecule has 2 aromatic rings. The zero-order valence-corrected chi connectivity index (χ0v) is 10.4. The summed E-state index contributed by atoms with van der Waals surface area (Å²) in [4.78, 5) is 15.7. The van der Waals surface area contributed by atoms with E-state index >= 15 is 0 Å². The van der Waals surface area contributed by atoms with Crippen LogP contribution in [-0.4, -0.2) is 16.0 Å². The number of rotatable bonds is 2. The monoisotopic (exact) mass is 262 g/mol. The van der Waals surface area contributed by atoms with Gasteiger partial charge in [-0.25, -0.2) is 4.98 Å². The summed E-state index contributed by atoms with van der Waals surface area (Å²) < 4.78 is 0. The molecule has 2 N–H and O–H groups in total. The second-order valence-electron chi connectivity index (χ2n) is 3.78. The van der Waals surface area contributed by atoms with Crippen LogP contribution in [0.25, 0.3) is 0 Å². The topological polar surface area (TPSA) is 62.2 Å². The molecule has 0 aliphatic carbocycles. The maximum atomic E-state index is 11.9. The van der Waals surface area contributed by atoms with E-state index < -0.39 is 5.91 Å². The van der Waals surface area contributed by atoms with Crippen molar-refractivity contribution in [2.24, 2.45) is 0 Å². The minimum Gasteiger partial charge on any atom is -0.505 e. The maximum Gasteiger partial charge on any atom is 0.278 e. The highest BCUT2D eigenvalue weighted by Gasteiger charge is 2.13. The number of nitrogens with zero attached hydrogens (tertiary/aromatic N) is 1. The molecule has 0 aliphatic rings. The van der Waals surface area contributed by atoms with Crippen LogP contribution in [0.4, 0.5) is 5.69 Å². The summed E-state index contributed by atoms with van der Waals surface area (Å²) in [6.07, 6.45) is 1.45. The molecule has 0 bridgehead atoms. The van der Waals surface area contributed by atoms with Crippen molar-refractivity contribution >= 4 is 23.2 Å². The van der Waals surface area contributed by atoms with Crippen LogP contribution < -0.4 is 5.32 Å². The average molecular weight is 263 g/mol. The van der Waals surface area contributed by atoms with Crippen molar-refractivity contribution in [2.75, 3.05) is 5.32 Å². The van der Waals surface area contributed by atoms with Gasteiger partial charge in [0, 0.05) is 16.9 Å². The Morgan fingerprint density at radius 2 is 2.17 bits per heavy atom. The van der Waals surface area contributed by atoms with Crippen LogP contribution in [0.3, 0.4) is 0 Å². The lowest BCUT2D eigenvalue weighted by Gasteiger charge is -2.08. The Kier molecular flexibility index (Phi) is 3.48. The van der Waals surface area contributed by atoms with E-state index in [1.165, 1.54) is 12.3 Å². The Morgan fingerprint density at radius 1 is 1.39 bits per heavy atom. The van der Waals surface area contributed by atoms with Crippen LogP contribution in [0.15, 0.2) is 36.5 Å². The zero-order chi connectivity index (χ0) is 13.1. The molecule has 0 aliphatic heterocycles. The number of anilines is 1. The number of carbonyl (C=O) groups excluding carboxylic acids is 1. The van der Waals surface area contributed by atoms with E-state index in [1.807, 2.05) is 6.92 Å². The molecule has 0 saturated heterocycles. The molecule has 0 spiro atoms. The first kappa shape index (κ1) is 12.4. The third-order valence-electron chi connectivity index (χ3n) is 2.44. The molecule has 0 atom stereocenters. The molecule has 92 valence electrons. The van der Waals surface area contributed by atoms with Gasteiger partial charge in [0.05, 0.1) is 0 Å². The van der Waals surface area contributed by atoms with Crippen molar-refractivity contribution < 1.29 is 9.90 Å². The van der Waals surface area contributed by atoms with E-state index in [4.69, 9.17) is 11.6 Å². The fourth-order valence-electron chi connectivity index (χ4n) is 1.52. The molecule has 0 saturated carbocycles. The Labute approximate surface area is 109 Å².